The fraction of sp³-hybridized carbons (Fsp3) is 0.389. The summed E-state index contributed by atoms with van der Waals surface area (Å²) < 4.78 is 18.3. The maximum atomic E-state index is 13.2. The van der Waals surface area contributed by atoms with Gasteiger partial charge in [0.1, 0.15) is 11.4 Å². The second-order valence-corrected chi connectivity index (χ2v) is 5.36. The minimum atomic E-state index is -0.477. The lowest BCUT2D eigenvalue weighted by Gasteiger charge is -2.13. The lowest BCUT2D eigenvalue weighted by Crippen LogP contribution is -2.14. The highest BCUT2D eigenvalue weighted by Crippen LogP contribution is 2.26. The maximum Gasteiger partial charge on any atom is 0.342 e. The fourth-order valence-corrected chi connectivity index (χ4v) is 2.29. The monoisotopic (exact) mass is 331 g/mol. The molecule has 1 heterocycles. The normalized spacial score (nSPS) is 10.5. The molecular weight excluding hydrogens is 309 g/mol. The molecular formula is C18H22FN3O2. The smallest absolute Gasteiger partial charge is 0.342 e. The summed E-state index contributed by atoms with van der Waals surface area (Å²) in [6.07, 6.45) is 2.05. The van der Waals surface area contributed by atoms with E-state index in [9.17, 15) is 9.18 Å². The molecule has 0 aliphatic rings. The number of unbranched alkanes of at least 4 members (excludes halogenated alkanes) is 1. The van der Waals surface area contributed by atoms with Crippen molar-refractivity contribution in [1.82, 2.24) is 9.97 Å². The van der Waals surface area contributed by atoms with Crippen molar-refractivity contribution in [3.63, 3.8) is 0 Å². The van der Waals surface area contributed by atoms with Gasteiger partial charge in [0.2, 0.25) is 5.95 Å². The molecule has 0 saturated heterocycles. The number of nitrogens with zero attached hydrogens (tertiary/aromatic N) is 2. The highest BCUT2D eigenvalue weighted by atomic mass is 19.1. The number of aromatic nitrogens is 2. The van der Waals surface area contributed by atoms with Crippen molar-refractivity contribution in [2.45, 2.75) is 33.6 Å². The molecule has 1 aromatic carbocycles. The van der Waals surface area contributed by atoms with Crippen molar-refractivity contribution in [1.29, 1.82) is 0 Å². The second kappa shape index (κ2) is 8.38. The molecule has 128 valence electrons. The number of benzene rings is 1. The summed E-state index contributed by atoms with van der Waals surface area (Å²) in [6, 6.07) is 5.86. The van der Waals surface area contributed by atoms with Crippen LogP contribution in [0.4, 0.5) is 10.3 Å². The molecule has 0 amide bonds. The first kappa shape index (κ1) is 17.8. The van der Waals surface area contributed by atoms with Crippen molar-refractivity contribution < 1.29 is 13.9 Å². The van der Waals surface area contributed by atoms with Gasteiger partial charge in [-0.25, -0.2) is 19.2 Å². The quantitative estimate of drug-likeness (QED) is 0.614. The van der Waals surface area contributed by atoms with Gasteiger partial charge in [-0.3, -0.25) is 0 Å². The first-order valence-electron chi connectivity index (χ1n) is 8.12. The molecule has 5 nitrogen and oxygen atoms in total. The number of carbonyl (C=O) groups is 1. The van der Waals surface area contributed by atoms with Crippen LogP contribution in [0, 0.1) is 12.7 Å². The number of nitrogens with one attached hydrogen (secondary N) is 1. The highest BCUT2D eigenvalue weighted by Gasteiger charge is 2.21. The number of carbonyl (C=O) groups excluding carboxylic acids is 1. The van der Waals surface area contributed by atoms with Crippen molar-refractivity contribution in [3.05, 3.63) is 41.3 Å². The standard InChI is InChI=1S/C18H22FN3O2/c1-4-6-11-20-18-21-12(3)15(17(23)24-5-2)16(22-18)13-7-9-14(19)10-8-13/h7-10H,4-6,11H2,1-3H3,(H,20,21,22). The van der Waals surface area contributed by atoms with E-state index in [1.807, 2.05) is 0 Å². The van der Waals surface area contributed by atoms with E-state index < -0.39 is 5.97 Å². The number of rotatable bonds is 7. The topological polar surface area (TPSA) is 64.1 Å². The van der Waals surface area contributed by atoms with Crippen molar-refractivity contribution in [2.75, 3.05) is 18.5 Å². The number of aryl methyl sites for hydroxylation is 1. The summed E-state index contributed by atoms with van der Waals surface area (Å²) in [5.74, 6) is -0.369. The molecule has 0 unspecified atom stereocenters. The van der Waals surface area contributed by atoms with Crippen LogP contribution >= 0.6 is 0 Å². The number of hydrogen-bond acceptors (Lipinski definition) is 5. The van der Waals surface area contributed by atoms with Crippen LogP contribution < -0.4 is 5.32 Å². The minimum Gasteiger partial charge on any atom is -0.462 e. The van der Waals surface area contributed by atoms with Gasteiger partial charge in [0.15, 0.2) is 0 Å². The summed E-state index contributed by atoms with van der Waals surface area (Å²) >= 11 is 0. The number of hydrogen-bond donors (Lipinski definition) is 1. The maximum absolute atomic E-state index is 13.2. The molecule has 0 radical (unpaired) electrons. The summed E-state index contributed by atoms with van der Waals surface area (Å²) in [4.78, 5) is 21.1. The Kier molecular flexibility index (Phi) is 6.23. The van der Waals surface area contributed by atoms with Gasteiger partial charge in [-0.15, -0.1) is 0 Å². The van der Waals surface area contributed by atoms with Crippen molar-refractivity contribution in [2.24, 2.45) is 0 Å². The first-order chi connectivity index (χ1) is 11.6. The molecule has 0 fully saturated rings. The van der Waals surface area contributed by atoms with E-state index in [4.69, 9.17) is 4.74 Å². The number of ether oxygens (including phenoxy) is 1. The molecule has 0 saturated carbocycles. The summed E-state index contributed by atoms with van der Waals surface area (Å²) in [7, 11) is 0. The average molecular weight is 331 g/mol. The Morgan fingerprint density at radius 2 is 1.92 bits per heavy atom. The first-order valence-corrected chi connectivity index (χ1v) is 8.12. The van der Waals surface area contributed by atoms with Crippen LogP contribution in [0.5, 0.6) is 0 Å². The van der Waals surface area contributed by atoms with Crippen LogP contribution in [0.15, 0.2) is 24.3 Å². The van der Waals surface area contributed by atoms with Gasteiger partial charge in [-0.2, -0.15) is 0 Å². The van der Waals surface area contributed by atoms with Crippen LogP contribution in [0.25, 0.3) is 11.3 Å². The molecule has 0 spiro atoms. The van der Waals surface area contributed by atoms with Gasteiger partial charge in [-0.1, -0.05) is 13.3 Å². The molecule has 24 heavy (non-hydrogen) atoms. The van der Waals surface area contributed by atoms with Crippen LogP contribution in [0.1, 0.15) is 42.7 Å². The molecule has 0 aliphatic carbocycles. The number of esters is 1. The fourth-order valence-electron chi connectivity index (χ4n) is 2.29. The largest absolute Gasteiger partial charge is 0.462 e. The molecule has 0 atom stereocenters. The predicted octanol–water partition coefficient (Wildman–Crippen LogP) is 3.98. The lowest BCUT2D eigenvalue weighted by molar-refractivity contribution is 0.0525. The molecule has 0 bridgehead atoms. The Morgan fingerprint density at radius 1 is 1.21 bits per heavy atom. The van der Waals surface area contributed by atoms with E-state index in [2.05, 4.69) is 22.2 Å². The molecule has 2 aromatic rings. The third-order valence-corrected chi connectivity index (χ3v) is 3.50. The lowest BCUT2D eigenvalue weighted by atomic mass is 10.0. The van der Waals surface area contributed by atoms with Gasteiger partial charge in [0.25, 0.3) is 0 Å². The molecule has 2 rings (SSSR count). The summed E-state index contributed by atoms with van der Waals surface area (Å²) in [6.45, 7) is 6.59. The van der Waals surface area contributed by atoms with Gasteiger partial charge in [0.05, 0.1) is 18.0 Å². The summed E-state index contributed by atoms with van der Waals surface area (Å²) in [5, 5.41) is 3.16. The van der Waals surface area contributed by atoms with Crippen LogP contribution in [-0.4, -0.2) is 29.1 Å². The highest BCUT2D eigenvalue weighted by molar-refractivity contribution is 5.97. The molecule has 0 aliphatic heterocycles. The predicted molar refractivity (Wildman–Crippen MR) is 91.5 cm³/mol. The van der Waals surface area contributed by atoms with Crippen molar-refractivity contribution >= 4 is 11.9 Å². The third kappa shape index (κ3) is 4.28. The van der Waals surface area contributed by atoms with E-state index in [0.717, 1.165) is 19.4 Å². The Labute approximate surface area is 141 Å². The molecule has 6 heteroatoms. The number of halogens is 1. The Hall–Kier alpha value is -2.50. The summed E-state index contributed by atoms with van der Waals surface area (Å²) in [5.41, 5.74) is 1.93. The van der Waals surface area contributed by atoms with Gasteiger partial charge in [0, 0.05) is 12.1 Å². The van der Waals surface area contributed by atoms with E-state index >= 15 is 0 Å². The van der Waals surface area contributed by atoms with Crippen LogP contribution in [0.2, 0.25) is 0 Å². The minimum absolute atomic E-state index is 0.262. The molecule has 1 N–H and O–H groups in total. The Bertz CT molecular complexity index is 702. The Morgan fingerprint density at radius 3 is 2.54 bits per heavy atom. The SMILES string of the molecule is CCCCNc1nc(C)c(C(=O)OCC)c(-c2ccc(F)cc2)n1. The average Bonchev–Trinajstić information content (AvgIpc) is 2.55. The van der Waals surface area contributed by atoms with Gasteiger partial charge >= 0.3 is 5.97 Å². The van der Waals surface area contributed by atoms with Gasteiger partial charge in [-0.05, 0) is 44.5 Å². The van der Waals surface area contributed by atoms with Crippen molar-refractivity contribution in [3.8, 4) is 11.3 Å². The van der Waals surface area contributed by atoms with E-state index in [1.54, 1.807) is 26.0 Å². The van der Waals surface area contributed by atoms with E-state index in [-0.39, 0.29) is 12.4 Å². The van der Waals surface area contributed by atoms with E-state index in [1.165, 1.54) is 12.1 Å². The molecule has 1 aromatic heterocycles. The van der Waals surface area contributed by atoms with Crippen LogP contribution in [0.3, 0.4) is 0 Å². The number of anilines is 1. The zero-order chi connectivity index (χ0) is 17.5. The zero-order valence-electron chi connectivity index (χ0n) is 14.2. The second-order valence-electron chi connectivity index (χ2n) is 5.36. The Balaban J connectivity index is 2.48. The van der Waals surface area contributed by atoms with Crippen LogP contribution in [-0.2, 0) is 4.74 Å². The van der Waals surface area contributed by atoms with E-state index in [0.29, 0.717) is 28.5 Å². The third-order valence-electron chi connectivity index (χ3n) is 3.50. The zero-order valence-corrected chi connectivity index (χ0v) is 14.2. The van der Waals surface area contributed by atoms with Gasteiger partial charge < -0.3 is 10.1 Å².